The van der Waals surface area contributed by atoms with Gasteiger partial charge in [0.05, 0.1) is 5.52 Å². The lowest BCUT2D eigenvalue weighted by Crippen LogP contribution is -2.47. The molecule has 0 unspecified atom stereocenters. The van der Waals surface area contributed by atoms with Crippen molar-refractivity contribution in [3.63, 3.8) is 0 Å². The Kier molecular flexibility index (Phi) is 8.44. The number of carbonyl (C=O) groups is 2. The molecule has 1 fully saturated rings. The highest BCUT2D eigenvalue weighted by Crippen LogP contribution is 2.12. The van der Waals surface area contributed by atoms with Crippen LogP contribution in [0.15, 0.2) is 42.6 Å². The Morgan fingerprint density at radius 2 is 1.75 bits per heavy atom. The molecule has 3 rings (SSSR count). The Hall–Kier alpha value is -2.91. The number of fused-ring (bicyclic) bond motifs is 1. The predicted molar refractivity (Wildman–Crippen MR) is 104 cm³/mol. The first kappa shape index (κ1) is 21.4. The molecule has 152 valence electrons. The molecule has 1 aliphatic rings. The summed E-state index contributed by atoms with van der Waals surface area (Å²) in [5.41, 5.74) is 1.07. The van der Waals surface area contributed by atoms with E-state index in [1.54, 1.807) is 0 Å². The van der Waals surface area contributed by atoms with Gasteiger partial charge in [-0.1, -0.05) is 13.0 Å². The first-order valence-corrected chi connectivity index (χ1v) is 9.13. The fourth-order valence-corrected chi connectivity index (χ4v) is 2.74. The molecule has 9 heteroatoms. The number of aliphatic carboxylic acids is 2. The maximum Gasteiger partial charge on any atom is 0.328 e. The van der Waals surface area contributed by atoms with Gasteiger partial charge in [-0.3, -0.25) is 4.90 Å². The molecule has 0 saturated carbocycles. The second kappa shape index (κ2) is 11.1. The quantitative estimate of drug-likeness (QED) is 0.676. The molecule has 0 bridgehead atoms. The van der Waals surface area contributed by atoms with Crippen molar-refractivity contribution in [1.82, 2.24) is 19.4 Å². The molecular weight excluding hydrogens is 364 g/mol. The molecule has 0 atom stereocenters. The van der Waals surface area contributed by atoms with Crippen molar-refractivity contribution in [1.29, 1.82) is 0 Å². The number of carboxylic acid groups (broad SMARTS) is 2. The number of hydrogen-bond acceptors (Lipinski definition) is 6. The lowest BCUT2D eigenvalue weighted by Gasteiger charge is -2.33. The van der Waals surface area contributed by atoms with E-state index in [1.807, 2.05) is 35.0 Å². The fourth-order valence-electron chi connectivity index (χ4n) is 2.74. The second-order valence-electron chi connectivity index (χ2n) is 6.19. The zero-order chi connectivity index (χ0) is 20.4. The molecule has 0 amide bonds. The lowest BCUT2D eigenvalue weighted by atomic mass is 10.3. The number of piperazine rings is 1. The highest BCUT2D eigenvalue weighted by atomic mass is 16.5. The predicted octanol–water partition coefficient (Wildman–Crippen LogP) is 1.06. The van der Waals surface area contributed by atoms with E-state index in [9.17, 15) is 9.59 Å². The molecule has 0 radical (unpaired) electrons. The van der Waals surface area contributed by atoms with E-state index in [4.69, 9.17) is 14.9 Å². The van der Waals surface area contributed by atoms with E-state index in [-0.39, 0.29) is 0 Å². The van der Waals surface area contributed by atoms with Gasteiger partial charge in [-0.15, -0.1) is 5.10 Å². The molecule has 2 aromatic rings. The van der Waals surface area contributed by atoms with Gasteiger partial charge in [0.15, 0.2) is 0 Å². The van der Waals surface area contributed by atoms with Crippen molar-refractivity contribution in [3.05, 3.63) is 42.6 Å². The number of ether oxygens (including phenoxy) is 1. The third-order valence-corrected chi connectivity index (χ3v) is 4.29. The van der Waals surface area contributed by atoms with Crippen molar-refractivity contribution < 1.29 is 24.5 Å². The number of carboxylic acids is 2. The van der Waals surface area contributed by atoms with Crippen LogP contribution in [0.3, 0.4) is 0 Å². The molecule has 0 aromatic carbocycles. The highest BCUT2D eigenvalue weighted by molar-refractivity contribution is 5.89. The standard InChI is InChI=1S/C15H22N4O.C4H4O4/c1-2-17-7-9-18(10-8-17)11-12-20-15-13-14-5-3-4-6-19(14)16-15;5-3(6)1-2-4(7)8/h3-6,13H,2,7-12H2,1H3;1-2H,(H,5,6)(H,7,8)/b;2-1-. The molecule has 1 aliphatic heterocycles. The van der Waals surface area contributed by atoms with Gasteiger partial charge >= 0.3 is 11.9 Å². The van der Waals surface area contributed by atoms with Gasteiger partial charge in [0, 0.05) is 57.1 Å². The number of hydrogen-bond donors (Lipinski definition) is 2. The van der Waals surface area contributed by atoms with Crippen LogP contribution in [-0.2, 0) is 9.59 Å². The van der Waals surface area contributed by atoms with Crippen molar-refractivity contribution in [2.75, 3.05) is 45.9 Å². The molecule has 9 nitrogen and oxygen atoms in total. The molecule has 2 N–H and O–H groups in total. The average molecular weight is 390 g/mol. The summed E-state index contributed by atoms with van der Waals surface area (Å²) in [6, 6.07) is 7.99. The van der Waals surface area contributed by atoms with Gasteiger partial charge in [0.1, 0.15) is 6.61 Å². The van der Waals surface area contributed by atoms with Crippen molar-refractivity contribution in [3.8, 4) is 5.88 Å². The maximum absolute atomic E-state index is 9.55. The molecule has 0 spiro atoms. The summed E-state index contributed by atoms with van der Waals surface area (Å²) in [6.07, 6.45) is 3.05. The van der Waals surface area contributed by atoms with Crippen LogP contribution in [0.1, 0.15) is 6.92 Å². The fraction of sp³-hybridized carbons (Fsp3) is 0.421. The summed E-state index contributed by atoms with van der Waals surface area (Å²) in [5, 5.41) is 20.0. The maximum atomic E-state index is 9.55. The van der Waals surface area contributed by atoms with E-state index in [0.29, 0.717) is 24.6 Å². The van der Waals surface area contributed by atoms with Gasteiger partial charge in [-0.2, -0.15) is 0 Å². The van der Waals surface area contributed by atoms with Crippen LogP contribution in [0.4, 0.5) is 0 Å². The number of likely N-dealkylation sites (N-methyl/N-ethyl adjacent to an activating group) is 1. The van der Waals surface area contributed by atoms with Crippen LogP contribution >= 0.6 is 0 Å². The first-order valence-electron chi connectivity index (χ1n) is 9.13. The van der Waals surface area contributed by atoms with Crippen LogP contribution in [-0.4, -0.2) is 87.4 Å². The summed E-state index contributed by atoms with van der Waals surface area (Å²) in [5.74, 6) is -1.80. The zero-order valence-electron chi connectivity index (χ0n) is 15.9. The number of rotatable bonds is 7. The Morgan fingerprint density at radius 1 is 1.11 bits per heavy atom. The number of nitrogens with zero attached hydrogens (tertiary/aromatic N) is 4. The Morgan fingerprint density at radius 3 is 2.32 bits per heavy atom. The van der Waals surface area contributed by atoms with Gasteiger partial charge < -0.3 is 19.8 Å². The van der Waals surface area contributed by atoms with E-state index in [2.05, 4.69) is 21.8 Å². The minimum absolute atomic E-state index is 0.558. The average Bonchev–Trinajstić information content (AvgIpc) is 3.10. The van der Waals surface area contributed by atoms with Gasteiger partial charge in [0.25, 0.3) is 0 Å². The monoisotopic (exact) mass is 390 g/mol. The van der Waals surface area contributed by atoms with Crippen LogP contribution < -0.4 is 4.74 Å². The topological polar surface area (TPSA) is 108 Å². The van der Waals surface area contributed by atoms with Gasteiger partial charge in [-0.25, -0.2) is 14.1 Å². The Balaban J connectivity index is 0.000000300. The van der Waals surface area contributed by atoms with Crippen LogP contribution in [0.25, 0.3) is 5.52 Å². The lowest BCUT2D eigenvalue weighted by molar-refractivity contribution is -0.134. The largest absolute Gasteiger partial charge is 0.478 e. The van der Waals surface area contributed by atoms with Crippen LogP contribution in [0, 0.1) is 0 Å². The molecule has 0 aliphatic carbocycles. The first-order chi connectivity index (χ1) is 13.5. The number of pyridine rings is 1. The van der Waals surface area contributed by atoms with Crippen molar-refractivity contribution >= 4 is 17.5 Å². The van der Waals surface area contributed by atoms with Gasteiger partial charge in [-0.05, 0) is 18.7 Å². The zero-order valence-corrected chi connectivity index (χ0v) is 15.9. The highest BCUT2D eigenvalue weighted by Gasteiger charge is 2.15. The number of aromatic nitrogens is 2. The third-order valence-electron chi connectivity index (χ3n) is 4.29. The summed E-state index contributed by atoms with van der Waals surface area (Å²) >= 11 is 0. The van der Waals surface area contributed by atoms with Crippen molar-refractivity contribution in [2.24, 2.45) is 0 Å². The summed E-state index contributed by atoms with van der Waals surface area (Å²) in [6.45, 7) is 9.69. The van der Waals surface area contributed by atoms with E-state index < -0.39 is 11.9 Å². The normalized spacial score (nSPS) is 15.3. The molecule has 3 heterocycles. The smallest absolute Gasteiger partial charge is 0.328 e. The Bertz CT molecular complexity index is 747. The summed E-state index contributed by atoms with van der Waals surface area (Å²) in [7, 11) is 0. The SMILES string of the molecule is CCN1CCN(CCOc2cc3ccccn3n2)CC1.O=C(O)/C=C\C(=O)O. The molecule has 1 saturated heterocycles. The summed E-state index contributed by atoms with van der Waals surface area (Å²) in [4.78, 5) is 24.1. The van der Waals surface area contributed by atoms with E-state index in [1.165, 1.54) is 13.1 Å². The minimum atomic E-state index is -1.26. The van der Waals surface area contributed by atoms with Crippen LogP contribution in [0.5, 0.6) is 5.88 Å². The van der Waals surface area contributed by atoms with Gasteiger partial charge in [0.2, 0.25) is 5.88 Å². The second-order valence-corrected chi connectivity index (χ2v) is 6.19. The van der Waals surface area contributed by atoms with E-state index in [0.717, 1.165) is 31.7 Å². The van der Waals surface area contributed by atoms with E-state index >= 15 is 0 Å². The van der Waals surface area contributed by atoms with Crippen molar-refractivity contribution in [2.45, 2.75) is 6.92 Å². The third kappa shape index (κ3) is 7.37. The summed E-state index contributed by atoms with van der Waals surface area (Å²) < 4.78 is 7.60. The molecule has 2 aromatic heterocycles. The Labute approximate surface area is 163 Å². The minimum Gasteiger partial charge on any atom is -0.478 e. The molecule has 28 heavy (non-hydrogen) atoms. The van der Waals surface area contributed by atoms with Crippen LogP contribution in [0.2, 0.25) is 0 Å². The molecular formula is C19H26N4O5.